The fourth-order valence-corrected chi connectivity index (χ4v) is 4.19. The molecule has 10 nitrogen and oxygen atoms in total. The van der Waals surface area contributed by atoms with E-state index in [2.05, 4.69) is 15.5 Å². The summed E-state index contributed by atoms with van der Waals surface area (Å²) < 4.78 is 15.9. The molecule has 1 aromatic heterocycles. The maximum atomic E-state index is 13.3. The number of hydrogen-bond acceptors (Lipinski definition) is 8. The lowest BCUT2D eigenvalue weighted by Crippen LogP contribution is -2.46. The third-order valence-electron chi connectivity index (χ3n) is 6.31. The standard InChI is InChI=1S/C23H36N4O6/c1-4-18(20(29)21-25-23(15(2)3)33-26-21)24-22(30)17(13-16-5-9-31-10-6-16)14-19(28)27-7-11-32-12-8-27/h15-18H,4-14H2,1-3H3,(H,24,30)/t17?,18-/m0/s1. The van der Waals surface area contributed by atoms with Gasteiger partial charge in [0.25, 0.3) is 0 Å². The Labute approximate surface area is 194 Å². The molecular formula is C23H36N4O6. The minimum Gasteiger partial charge on any atom is -0.381 e. The lowest BCUT2D eigenvalue weighted by atomic mass is 9.86. The summed E-state index contributed by atoms with van der Waals surface area (Å²) in [5.74, 6) is -0.560. The highest BCUT2D eigenvalue weighted by atomic mass is 16.5. The summed E-state index contributed by atoms with van der Waals surface area (Å²) in [4.78, 5) is 45.0. The summed E-state index contributed by atoms with van der Waals surface area (Å²) in [7, 11) is 0. The number of rotatable bonds is 10. The summed E-state index contributed by atoms with van der Waals surface area (Å²) in [6, 6.07) is -0.772. The normalized spacial score (nSPS) is 19.3. The van der Waals surface area contributed by atoms with Crippen LogP contribution in [0, 0.1) is 11.8 Å². The van der Waals surface area contributed by atoms with Crippen molar-refractivity contribution in [1.82, 2.24) is 20.4 Å². The van der Waals surface area contributed by atoms with E-state index in [0.717, 1.165) is 12.8 Å². The van der Waals surface area contributed by atoms with Crippen LogP contribution in [0.5, 0.6) is 0 Å². The van der Waals surface area contributed by atoms with Crippen molar-refractivity contribution < 1.29 is 28.4 Å². The van der Waals surface area contributed by atoms with Gasteiger partial charge in [-0.15, -0.1) is 0 Å². The van der Waals surface area contributed by atoms with E-state index >= 15 is 0 Å². The molecule has 1 N–H and O–H groups in total. The van der Waals surface area contributed by atoms with Crippen molar-refractivity contribution in [3.63, 3.8) is 0 Å². The van der Waals surface area contributed by atoms with Gasteiger partial charge in [-0.25, -0.2) is 0 Å². The Hall–Kier alpha value is -2.33. The van der Waals surface area contributed by atoms with Gasteiger partial charge in [-0.3, -0.25) is 14.4 Å². The van der Waals surface area contributed by atoms with Crippen LogP contribution < -0.4 is 5.32 Å². The van der Waals surface area contributed by atoms with Gasteiger partial charge in [0.2, 0.25) is 29.3 Å². The molecule has 2 atom stereocenters. The minimum atomic E-state index is -0.772. The first-order valence-electron chi connectivity index (χ1n) is 12.0. The molecule has 184 valence electrons. The Kier molecular flexibility index (Phi) is 9.37. The van der Waals surface area contributed by atoms with Gasteiger partial charge < -0.3 is 24.2 Å². The van der Waals surface area contributed by atoms with Crippen molar-refractivity contribution in [3.8, 4) is 0 Å². The number of ketones is 1. The molecule has 2 amide bonds. The molecule has 0 bridgehead atoms. The highest BCUT2D eigenvalue weighted by Crippen LogP contribution is 2.26. The van der Waals surface area contributed by atoms with Crippen LogP contribution in [0.2, 0.25) is 0 Å². The Bertz CT molecular complexity index is 799. The van der Waals surface area contributed by atoms with E-state index < -0.39 is 12.0 Å². The molecule has 1 aromatic rings. The molecule has 0 aliphatic carbocycles. The van der Waals surface area contributed by atoms with Crippen LogP contribution in [0.3, 0.4) is 0 Å². The van der Waals surface area contributed by atoms with Gasteiger partial charge in [0.15, 0.2) is 0 Å². The molecule has 2 saturated heterocycles. The molecule has 3 heterocycles. The average molecular weight is 465 g/mol. The number of amides is 2. The van der Waals surface area contributed by atoms with Crippen molar-refractivity contribution in [1.29, 1.82) is 0 Å². The van der Waals surface area contributed by atoms with Crippen LogP contribution in [0.1, 0.15) is 75.3 Å². The lowest BCUT2D eigenvalue weighted by Gasteiger charge is -2.30. The van der Waals surface area contributed by atoms with Crippen LogP contribution in [0.4, 0.5) is 0 Å². The Morgan fingerprint density at radius 1 is 1.09 bits per heavy atom. The molecule has 33 heavy (non-hydrogen) atoms. The third kappa shape index (κ3) is 7.07. The van der Waals surface area contributed by atoms with E-state index in [1.165, 1.54) is 0 Å². The number of nitrogens with zero attached hydrogens (tertiary/aromatic N) is 3. The van der Waals surface area contributed by atoms with Gasteiger partial charge in [0, 0.05) is 44.6 Å². The maximum Gasteiger partial charge on any atom is 0.240 e. The second-order valence-electron chi connectivity index (χ2n) is 9.13. The number of carbonyl (C=O) groups excluding carboxylic acids is 3. The van der Waals surface area contributed by atoms with Crippen LogP contribution in [-0.4, -0.2) is 78.2 Å². The fraction of sp³-hybridized carbons (Fsp3) is 0.783. The molecule has 0 saturated carbocycles. The van der Waals surface area contributed by atoms with E-state index in [9.17, 15) is 14.4 Å². The molecule has 2 aliphatic rings. The van der Waals surface area contributed by atoms with Crippen molar-refractivity contribution in [2.24, 2.45) is 11.8 Å². The number of nitrogens with one attached hydrogen (secondary N) is 1. The van der Waals surface area contributed by atoms with E-state index in [4.69, 9.17) is 14.0 Å². The van der Waals surface area contributed by atoms with Crippen LogP contribution in [-0.2, 0) is 19.1 Å². The number of hydrogen-bond donors (Lipinski definition) is 1. The number of Topliss-reactive ketones (excluding diaryl/α,β-unsaturated/α-hetero) is 1. The lowest BCUT2D eigenvalue weighted by molar-refractivity contribution is -0.140. The fourth-order valence-electron chi connectivity index (χ4n) is 4.19. The van der Waals surface area contributed by atoms with Crippen molar-refractivity contribution in [2.45, 2.75) is 64.8 Å². The number of ether oxygens (including phenoxy) is 2. The highest BCUT2D eigenvalue weighted by Gasteiger charge is 2.32. The van der Waals surface area contributed by atoms with Gasteiger partial charge in [-0.1, -0.05) is 25.9 Å². The molecule has 0 spiro atoms. The first-order valence-corrected chi connectivity index (χ1v) is 12.0. The summed E-state index contributed by atoms with van der Waals surface area (Å²) in [6.45, 7) is 9.05. The first kappa shape index (κ1) is 25.3. The van der Waals surface area contributed by atoms with Crippen molar-refractivity contribution in [2.75, 3.05) is 39.5 Å². The summed E-state index contributed by atoms with van der Waals surface area (Å²) >= 11 is 0. The van der Waals surface area contributed by atoms with Gasteiger partial charge in [-0.05, 0) is 31.6 Å². The first-order chi connectivity index (χ1) is 15.9. The second-order valence-corrected chi connectivity index (χ2v) is 9.13. The zero-order chi connectivity index (χ0) is 23.8. The van der Waals surface area contributed by atoms with Crippen LogP contribution in [0.25, 0.3) is 0 Å². The van der Waals surface area contributed by atoms with Crippen LogP contribution >= 0.6 is 0 Å². The Morgan fingerprint density at radius 3 is 2.36 bits per heavy atom. The van der Waals surface area contributed by atoms with E-state index in [1.807, 2.05) is 20.8 Å². The Morgan fingerprint density at radius 2 is 1.76 bits per heavy atom. The summed E-state index contributed by atoms with van der Waals surface area (Å²) in [5.41, 5.74) is 0. The van der Waals surface area contributed by atoms with E-state index in [1.54, 1.807) is 4.90 Å². The molecule has 10 heteroatoms. The van der Waals surface area contributed by atoms with Gasteiger partial charge in [0.1, 0.15) is 0 Å². The molecular weight excluding hydrogens is 428 g/mol. The quantitative estimate of drug-likeness (QED) is 0.521. The average Bonchev–Trinajstić information content (AvgIpc) is 3.33. The third-order valence-corrected chi connectivity index (χ3v) is 6.31. The molecule has 3 rings (SSSR count). The molecule has 0 aromatic carbocycles. The number of carbonyl (C=O) groups is 3. The largest absolute Gasteiger partial charge is 0.381 e. The van der Waals surface area contributed by atoms with E-state index in [0.29, 0.717) is 64.2 Å². The van der Waals surface area contributed by atoms with Gasteiger partial charge in [0.05, 0.1) is 19.3 Å². The monoisotopic (exact) mass is 464 g/mol. The number of aromatic nitrogens is 2. The molecule has 2 fully saturated rings. The van der Waals surface area contributed by atoms with E-state index in [-0.39, 0.29) is 35.8 Å². The summed E-state index contributed by atoms with van der Waals surface area (Å²) in [6.07, 6.45) is 2.83. The number of morpholine rings is 1. The molecule has 0 radical (unpaired) electrons. The molecule has 1 unspecified atom stereocenters. The highest BCUT2D eigenvalue weighted by molar-refractivity contribution is 5.99. The zero-order valence-corrected chi connectivity index (χ0v) is 19.9. The van der Waals surface area contributed by atoms with Crippen molar-refractivity contribution >= 4 is 17.6 Å². The minimum absolute atomic E-state index is 0.00349. The van der Waals surface area contributed by atoms with Crippen molar-refractivity contribution in [3.05, 3.63) is 11.7 Å². The van der Waals surface area contributed by atoms with Gasteiger partial charge >= 0.3 is 0 Å². The second kappa shape index (κ2) is 12.2. The topological polar surface area (TPSA) is 124 Å². The SMILES string of the molecule is CC[C@H](NC(=O)C(CC(=O)N1CCOCC1)CC1CCOCC1)C(=O)c1noc(C(C)C)n1. The van der Waals surface area contributed by atoms with Crippen LogP contribution in [0.15, 0.2) is 4.52 Å². The predicted octanol–water partition coefficient (Wildman–Crippen LogP) is 1.95. The zero-order valence-electron chi connectivity index (χ0n) is 19.9. The predicted molar refractivity (Wildman–Crippen MR) is 119 cm³/mol. The summed E-state index contributed by atoms with van der Waals surface area (Å²) in [5, 5.41) is 6.65. The Balaban J connectivity index is 1.68. The van der Waals surface area contributed by atoms with Gasteiger partial charge in [-0.2, -0.15) is 4.98 Å². The molecule has 2 aliphatic heterocycles. The smallest absolute Gasteiger partial charge is 0.240 e. The maximum absolute atomic E-state index is 13.3.